The van der Waals surface area contributed by atoms with E-state index in [1.807, 2.05) is 36.5 Å². The van der Waals surface area contributed by atoms with Gasteiger partial charge >= 0.3 is 0 Å². The van der Waals surface area contributed by atoms with E-state index >= 15 is 0 Å². The van der Waals surface area contributed by atoms with Crippen molar-refractivity contribution in [1.29, 1.82) is 0 Å². The number of allylic oxidation sites excluding steroid dienone is 1. The number of rotatable bonds is 8. The summed E-state index contributed by atoms with van der Waals surface area (Å²) in [6, 6.07) is 9.35. The summed E-state index contributed by atoms with van der Waals surface area (Å²) in [5.74, 6) is 0.481. The first-order chi connectivity index (χ1) is 13.7. The highest BCUT2D eigenvalue weighted by Crippen LogP contribution is 2.23. The molecule has 0 spiro atoms. The average Bonchev–Trinajstić information content (AvgIpc) is 3.14. The van der Waals surface area contributed by atoms with Crippen molar-refractivity contribution in [3.8, 4) is 11.3 Å². The number of nitrogens with one attached hydrogen (secondary N) is 2. The van der Waals surface area contributed by atoms with Crippen molar-refractivity contribution >= 4 is 23.1 Å². The molecular formula is C20H22N6O2. The number of nitrogens with zero attached hydrogens (tertiary/aromatic N) is 4. The van der Waals surface area contributed by atoms with E-state index in [2.05, 4.69) is 25.7 Å². The molecule has 0 saturated carbocycles. The molecule has 2 N–H and O–H groups in total. The van der Waals surface area contributed by atoms with Crippen LogP contribution in [0.2, 0.25) is 0 Å². The van der Waals surface area contributed by atoms with Crippen LogP contribution in [0.1, 0.15) is 6.92 Å². The molecule has 0 fully saturated rings. The molecule has 0 bridgehead atoms. The molecule has 1 amide bonds. The zero-order chi connectivity index (χ0) is 19.8. The molecule has 8 heteroatoms. The van der Waals surface area contributed by atoms with Crippen LogP contribution in [0.5, 0.6) is 0 Å². The fourth-order valence-electron chi connectivity index (χ4n) is 2.56. The maximum Gasteiger partial charge on any atom is 0.248 e. The van der Waals surface area contributed by atoms with Crippen molar-refractivity contribution in [3.63, 3.8) is 0 Å². The van der Waals surface area contributed by atoms with Crippen LogP contribution in [-0.2, 0) is 16.1 Å². The topological polar surface area (TPSA) is 94.0 Å². The zero-order valence-electron chi connectivity index (χ0n) is 15.8. The SMILES string of the molecule is CC=CC(=O)Nc1cccc(-c2cc(Nc3cnn(CCOC)c3)ncn2)c1. The van der Waals surface area contributed by atoms with Crippen molar-refractivity contribution in [2.45, 2.75) is 13.5 Å². The first kappa shape index (κ1) is 19.2. The van der Waals surface area contributed by atoms with Gasteiger partial charge in [-0.1, -0.05) is 18.2 Å². The highest BCUT2D eigenvalue weighted by Gasteiger charge is 2.06. The van der Waals surface area contributed by atoms with Crippen molar-refractivity contribution < 1.29 is 9.53 Å². The van der Waals surface area contributed by atoms with E-state index in [4.69, 9.17) is 4.74 Å². The minimum atomic E-state index is -0.171. The molecule has 28 heavy (non-hydrogen) atoms. The maximum atomic E-state index is 11.7. The summed E-state index contributed by atoms with van der Waals surface area (Å²) in [6.07, 6.45) is 8.29. The Morgan fingerprint density at radius 1 is 1.25 bits per heavy atom. The predicted molar refractivity (Wildman–Crippen MR) is 108 cm³/mol. The van der Waals surface area contributed by atoms with Crippen molar-refractivity contribution in [1.82, 2.24) is 19.7 Å². The number of carbonyl (C=O) groups excluding carboxylic acids is 1. The maximum absolute atomic E-state index is 11.7. The van der Waals surface area contributed by atoms with Crippen molar-refractivity contribution in [2.75, 3.05) is 24.4 Å². The van der Waals surface area contributed by atoms with Gasteiger partial charge in [-0.3, -0.25) is 9.48 Å². The molecular weight excluding hydrogens is 356 g/mol. The molecule has 0 unspecified atom stereocenters. The van der Waals surface area contributed by atoms with Gasteiger partial charge in [0.05, 0.1) is 30.7 Å². The number of benzene rings is 1. The van der Waals surface area contributed by atoms with E-state index in [1.165, 1.54) is 12.4 Å². The highest BCUT2D eigenvalue weighted by atomic mass is 16.5. The number of aromatic nitrogens is 4. The first-order valence-electron chi connectivity index (χ1n) is 8.82. The van der Waals surface area contributed by atoms with Gasteiger partial charge in [0.2, 0.25) is 5.91 Å². The number of ether oxygens (including phenoxy) is 1. The normalized spacial score (nSPS) is 10.9. The minimum absolute atomic E-state index is 0.171. The Hall–Kier alpha value is -3.52. The fourth-order valence-corrected chi connectivity index (χ4v) is 2.56. The summed E-state index contributed by atoms with van der Waals surface area (Å²) in [4.78, 5) is 20.3. The number of methoxy groups -OCH3 is 1. The van der Waals surface area contributed by atoms with Crippen LogP contribution in [-0.4, -0.2) is 39.4 Å². The van der Waals surface area contributed by atoms with Crippen LogP contribution in [0.25, 0.3) is 11.3 Å². The Bertz CT molecular complexity index is 967. The molecule has 3 rings (SSSR count). The lowest BCUT2D eigenvalue weighted by Crippen LogP contribution is -2.07. The van der Waals surface area contributed by atoms with E-state index in [0.29, 0.717) is 24.7 Å². The number of hydrogen-bond donors (Lipinski definition) is 2. The van der Waals surface area contributed by atoms with Crippen LogP contribution >= 0.6 is 0 Å². The van der Waals surface area contributed by atoms with Crippen LogP contribution in [0, 0.1) is 0 Å². The second kappa shape index (κ2) is 9.43. The number of amides is 1. The van der Waals surface area contributed by atoms with E-state index in [9.17, 15) is 4.79 Å². The van der Waals surface area contributed by atoms with E-state index < -0.39 is 0 Å². The third-order valence-corrected chi connectivity index (χ3v) is 3.84. The largest absolute Gasteiger partial charge is 0.383 e. The lowest BCUT2D eigenvalue weighted by Gasteiger charge is -2.07. The van der Waals surface area contributed by atoms with Crippen LogP contribution < -0.4 is 10.6 Å². The second-order valence-electron chi connectivity index (χ2n) is 5.97. The summed E-state index contributed by atoms with van der Waals surface area (Å²) in [5.41, 5.74) is 3.15. The van der Waals surface area contributed by atoms with Crippen LogP contribution in [0.15, 0.2) is 61.2 Å². The van der Waals surface area contributed by atoms with E-state index in [-0.39, 0.29) is 5.91 Å². The fraction of sp³-hybridized carbons (Fsp3) is 0.200. The van der Waals surface area contributed by atoms with Gasteiger partial charge in [-0.05, 0) is 25.1 Å². The summed E-state index contributed by atoms with van der Waals surface area (Å²) in [7, 11) is 1.66. The van der Waals surface area contributed by atoms with Gasteiger partial charge in [0.25, 0.3) is 0 Å². The first-order valence-corrected chi connectivity index (χ1v) is 8.82. The second-order valence-corrected chi connectivity index (χ2v) is 5.97. The Labute approximate surface area is 163 Å². The van der Waals surface area contributed by atoms with Gasteiger partial charge in [-0.2, -0.15) is 5.10 Å². The van der Waals surface area contributed by atoms with Gasteiger partial charge in [-0.15, -0.1) is 0 Å². The molecule has 8 nitrogen and oxygen atoms in total. The molecule has 1 aromatic carbocycles. The van der Waals surface area contributed by atoms with Gasteiger partial charge in [-0.25, -0.2) is 9.97 Å². The Balaban J connectivity index is 1.74. The summed E-state index contributed by atoms with van der Waals surface area (Å²) >= 11 is 0. The van der Waals surface area contributed by atoms with Crippen LogP contribution in [0.3, 0.4) is 0 Å². The summed E-state index contributed by atoms with van der Waals surface area (Å²) in [5, 5.41) is 10.3. The number of anilines is 3. The van der Waals surface area contributed by atoms with E-state index in [0.717, 1.165) is 16.9 Å². The van der Waals surface area contributed by atoms with Gasteiger partial charge in [0, 0.05) is 30.6 Å². The van der Waals surface area contributed by atoms with Crippen LogP contribution in [0.4, 0.5) is 17.2 Å². The summed E-state index contributed by atoms with van der Waals surface area (Å²) < 4.78 is 6.85. The molecule has 0 saturated heterocycles. The average molecular weight is 378 g/mol. The Morgan fingerprint density at radius 3 is 2.96 bits per heavy atom. The molecule has 2 heterocycles. The van der Waals surface area contributed by atoms with Crippen molar-refractivity contribution in [2.24, 2.45) is 0 Å². The Kier molecular flexibility index (Phi) is 6.48. The Morgan fingerprint density at radius 2 is 2.14 bits per heavy atom. The van der Waals surface area contributed by atoms with Gasteiger partial charge in [0.15, 0.2) is 0 Å². The smallest absolute Gasteiger partial charge is 0.248 e. The predicted octanol–water partition coefficient (Wildman–Crippen LogP) is 3.24. The molecule has 2 aromatic heterocycles. The molecule has 0 atom stereocenters. The molecule has 3 aromatic rings. The monoisotopic (exact) mass is 378 g/mol. The molecule has 0 aliphatic heterocycles. The third kappa shape index (κ3) is 5.24. The summed E-state index contributed by atoms with van der Waals surface area (Å²) in [6.45, 7) is 3.07. The number of carbonyl (C=O) groups is 1. The highest BCUT2D eigenvalue weighted by molar-refractivity contribution is 5.99. The number of hydrogen-bond acceptors (Lipinski definition) is 6. The quantitative estimate of drug-likeness (QED) is 0.585. The molecule has 0 radical (unpaired) electrons. The lowest BCUT2D eigenvalue weighted by molar-refractivity contribution is -0.111. The lowest BCUT2D eigenvalue weighted by atomic mass is 10.1. The third-order valence-electron chi connectivity index (χ3n) is 3.84. The molecule has 0 aliphatic rings. The van der Waals surface area contributed by atoms with E-state index in [1.54, 1.807) is 31.0 Å². The molecule has 144 valence electrons. The standard InChI is InChI=1S/C20H22N6O2/c1-3-5-20(27)25-16-7-4-6-15(10-16)18-11-19(22-14-21-18)24-17-12-23-26(13-17)8-9-28-2/h3-7,10-14H,8-9H2,1-2H3,(H,25,27)(H,21,22,24). The van der Waals surface area contributed by atoms with Gasteiger partial charge in [0.1, 0.15) is 12.1 Å². The van der Waals surface area contributed by atoms with Crippen molar-refractivity contribution in [3.05, 3.63) is 61.2 Å². The molecule has 0 aliphatic carbocycles. The zero-order valence-corrected chi connectivity index (χ0v) is 15.8. The van der Waals surface area contributed by atoms with Gasteiger partial charge < -0.3 is 15.4 Å². The minimum Gasteiger partial charge on any atom is -0.383 e.